The van der Waals surface area contributed by atoms with E-state index < -0.39 is 15.8 Å². The average molecular weight is 600 g/mol. The summed E-state index contributed by atoms with van der Waals surface area (Å²) in [6.07, 6.45) is 1.35. The van der Waals surface area contributed by atoms with Crippen LogP contribution in [0.1, 0.15) is 22.7 Å². The number of nitrogens with one attached hydrogen (secondary N) is 2. The van der Waals surface area contributed by atoms with Crippen molar-refractivity contribution >= 4 is 47.6 Å². The molecule has 0 radical (unpaired) electrons. The molecule has 0 aliphatic carbocycles. The van der Waals surface area contributed by atoms with Gasteiger partial charge in [-0.15, -0.1) is 0 Å². The van der Waals surface area contributed by atoms with Crippen LogP contribution in [0.4, 0.5) is 10.1 Å². The van der Waals surface area contributed by atoms with Gasteiger partial charge in [0.15, 0.2) is 0 Å². The molecule has 6 nitrogen and oxygen atoms in total. The van der Waals surface area contributed by atoms with E-state index in [1.807, 2.05) is 12.1 Å². The summed E-state index contributed by atoms with van der Waals surface area (Å²) in [4.78, 5) is -0.0939. The van der Waals surface area contributed by atoms with Crippen LogP contribution in [0.15, 0.2) is 62.4 Å². The molecule has 10 heteroatoms. The summed E-state index contributed by atoms with van der Waals surface area (Å²) in [5.74, 6) is 0.0180. The summed E-state index contributed by atoms with van der Waals surface area (Å²) in [6.45, 7) is 0.732. The summed E-state index contributed by atoms with van der Waals surface area (Å²) in [6, 6.07) is 11.7. The lowest BCUT2D eigenvalue weighted by Crippen LogP contribution is -2.31. The van der Waals surface area contributed by atoms with Crippen molar-refractivity contribution in [1.82, 2.24) is 5.32 Å². The Kier molecular flexibility index (Phi) is 6.99. The quantitative estimate of drug-likeness (QED) is 0.335. The van der Waals surface area contributed by atoms with Gasteiger partial charge in [-0.05, 0) is 116 Å². The fourth-order valence-corrected chi connectivity index (χ4v) is 6.59. The zero-order valence-electron chi connectivity index (χ0n) is 17.5. The van der Waals surface area contributed by atoms with Gasteiger partial charge in [-0.3, -0.25) is 4.72 Å². The molecule has 33 heavy (non-hydrogen) atoms. The SMILES string of the molecule is COc1c(Br)cc(CC2NCCc3cc(O)c(NS(=O)(=O)c4ccc(F)cc4)cc32)cc1Br. The number of sulfonamides is 1. The minimum absolute atomic E-state index is 0.0730. The van der Waals surface area contributed by atoms with Crippen molar-refractivity contribution in [2.75, 3.05) is 18.4 Å². The van der Waals surface area contributed by atoms with Crippen molar-refractivity contribution in [3.63, 3.8) is 0 Å². The highest BCUT2D eigenvalue weighted by Gasteiger charge is 2.25. The van der Waals surface area contributed by atoms with Gasteiger partial charge in [-0.25, -0.2) is 12.8 Å². The van der Waals surface area contributed by atoms with Crippen molar-refractivity contribution in [2.45, 2.75) is 23.8 Å². The van der Waals surface area contributed by atoms with Crippen molar-refractivity contribution in [3.8, 4) is 11.5 Å². The maximum Gasteiger partial charge on any atom is 0.262 e. The topological polar surface area (TPSA) is 87.7 Å². The van der Waals surface area contributed by atoms with Crippen LogP contribution in [0.2, 0.25) is 0 Å². The number of ether oxygens (including phenoxy) is 1. The van der Waals surface area contributed by atoms with Gasteiger partial charge < -0.3 is 15.2 Å². The number of phenolic OH excluding ortho intramolecular Hbond substituents is 1. The first-order valence-corrected chi connectivity index (χ1v) is 13.1. The van der Waals surface area contributed by atoms with Crippen molar-refractivity contribution < 1.29 is 22.7 Å². The molecule has 0 saturated carbocycles. The summed E-state index contributed by atoms with van der Waals surface area (Å²) in [5.41, 5.74) is 2.97. The van der Waals surface area contributed by atoms with Gasteiger partial charge in [0.25, 0.3) is 10.0 Å². The van der Waals surface area contributed by atoms with Crippen LogP contribution in [-0.4, -0.2) is 27.2 Å². The smallest absolute Gasteiger partial charge is 0.262 e. The predicted octanol–water partition coefficient (Wildman–Crippen LogP) is 5.30. The first kappa shape index (κ1) is 24.0. The molecule has 4 rings (SSSR count). The van der Waals surface area contributed by atoms with Crippen molar-refractivity contribution in [3.05, 3.63) is 80.0 Å². The van der Waals surface area contributed by atoms with Crippen molar-refractivity contribution in [2.24, 2.45) is 0 Å². The van der Waals surface area contributed by atoms with Gasteiger partial charge in [0.2, 0.25) is 0 Å². The van der Waals surface area contributed by atoms with E-state index in [-0.39, 0.29) is 22.4 Å². The molecule has 0 amide bonds. The number of aromatic hydroxyl groups is 1. The third kappa shape index (κ3) is 5.18. The van der Waals surface area contributed by atoms with E-state index in [0.29, 0.717) is 18.6 Å². The summed E-state index contributed by atoms with van der Waals surface area (Å²) >= 11 is 7.05. The van der Waals surface area contributed by atoms with Gasteiger partial charge in [0.1, 0.15) is 17.3 Å². The lowest BCUT2D eigenvalue weighted by molar-refractivity contribution is 0.409. The van der Waals surface area contributed by atoms with E-state index >= 15 is 0 Å². The number of methoxy groups -OCH3 is 1. The monoisotopic (exact) mass is 598 g/mol. The molecule has 1 aliphatic rings. The minimum atomic E-state index is -4.00. The Balaban J connectivity index is 1.65. The molecule has 1 unspecified atom stereocenters. The maximum atomic E-state index is 13.2. The average Bonchev–Trinajstić information content (AvgIpc) is 2.75. The van der Waals surface area contributed by atoms with Gasteiger partial charge in [-0.2, -0.15) is 0 Å². The number of rotatable bonds is 6. The van der Waals surface area contributed by atoms with Crippen molar-refractivity contribution in [1.29, 1.82) is 0 Å². The zero-order valence-corrected chi connectivity index (χ0v) is 21.5. The molecular formula is C23H21Br2FN2O4S. The third-order valence-electron chi connectivity index (χ3n) is 5.49. The van der Waals surface area contributed by atoms with E-state index in [0.717, 1.165) is 44.3 Å². The lowest BCUT2D eigenvalue weighted by atomic mass is 9.89. The zero-order chi connectivity index (χ0) is 23.8. The first-order valence-electron chi connectivity index (χ1n) is 10.1. The molecule has 1 heterocycles. The standard InChI is InChI=1S/C23H21Br2FN2O4S/c1-32-23-18(24)8-13(9-19(23)25)10-20-17-12-21(22(29)11-14(17)6-7-27-20)28-33(30,31)16-4-2-15(26)3-5-16/h2-5,8-9,11-12,20,27-29H,6-7,10H2,1H3. The van der Waals surface area contributed by atoms with Crippen LogP contribution >= 0.6 is 31.9 Å². The van der Waals surface area contributed by atoms with Crippen LogP contribution in [0.5, 0.6) is 11.5 Å². The Morgan fingerprint density at radius 3 is 2.45 bits per heavy atom. The molecule has 0 saturated heterocycles. The Hall–Kier alpha value is -2.14. The number of benzene rings is 3. The molecular weight excluding hydrogens is 579 g/mol. The van der Waals surface area contributed by atoms with E-state index in [4.69, 9.17) is 4.74 Å². The Morgan fingerprint density at radius 2 is 1.82 bits per heavy atom. The second kappa shape index (κ2) is 9.61. The van der Waals surface area contributed by atoms with Crippen LogP contribution in [0.25, 0.3) is 0 Å². The molecule has 0 spiro atoms. The number of hydrogen-bond donors (Lipinski definition) is 3. The molecule has 0 aromatic heterocycles. The Morgan fingerprint density at radius 1 is 1.15 bits per heavy atom. The van der Waals surface area contributed by atoms with Gasteiger partial charge in [0, 0.05) is 6.04 Å². The van der Waals surface area contributed by atoms with Gasteiger partial charge in [-0.1, -0.05) is 0 Å². The number of hydrogen-bond acceptors (Lipinski definition) is 5. The normalized spacial score (nSPS) is 15.7. The molecule has 0 fully saturated rings. The number of fused-ring (bicyclic) bond motifs is 1. The molecule has 1 atom stereocenters. The molecule has 0 bridgehead atoms. The van der Waals surface area contributed by atoms with Crippen LogP contribution in [0.3, 0.4) is 0 Å². The number of phenols is 1. The van der Waals surface area contributed by atoms with Gasteiger partial charge >= 0.3 is 0 Å². The Bertz CT molecular complexity index is 1280. The highest BCUT2D eigenvalue weighted by Crippen LogP contribution is 2.38. The number of halogens is 3. The first-order chi connectivity index (χ1) is 15.7. The molecule has 3 N–H and O–H groups in total. The summed E-state index contributed by atoms with van der Waals surface area (Å²) in [5, 5.41) is 14.0. The van der Waals surface area contributed by atoms with E-state index in [1.165, 1.54) is 12.1 Å². The van der Waals surface area contributed by atoms with E-state index in [9.17, 15) is 17.9 Å². The van der Waals surface area contributed by atoms with E-state index in [1.54, 1.807) is 19.2 Å². The molecule has 3 aromatic rings. The van der Waals surface area contributed by atoms with Gasteiger partial charge in [0.05, 0.1) is 26.6 Å². The summed E-state index contributed by atoms with van der Waals surface area (Å²) in [7, 11) is -2.40. The van der Waals surface area contributed by atoms with Crippen LogP contribution in [0, 0.1) is 5.82 Å². The molecule has 1 aliphatic heterocycles. The van der Waals surface area contributed by atoms with Crippen LogP contribution < -0.4 is 14.8 Å². The van der Waals surface area contributed by atoms with Crippen LogP contribution in [-0.2, 0) is 22.9 Å². The molecule has 174 valence electrons. The highest BCUT2D eigenvalue weighted by atomic mass is 79.9. The second-order valence-electron chi connectivity index (χ2n) is 7.68. The lowest BCUT2D eigenvalue weighted by Gasteiger charge is -2.28. The Labute approximate surface area is 208 Å². The summed E-state index contributed by atoms with van der Waals surface area (Å²) < 4.78 is 48.2. The second-order valence-corrected chi connectivity index (χ2v) is 11.1. The maximum absolute atomic E-state index is 13.2. The third-order valence-corrected chi connectivity index (χ3v) is 8.05. The largest absolute Gasteiger partial charge is 0.506 e. The fraction of sp³-hybridized carbons (Fsp3) is 0.217. The molecule has 3 aromatic carbocycles. The fourth-order valence-electron chi connectivity index (χ4n) is 3.92. The van der Waals surface area contributed by atoms with E-state index in [2.05, 4.69) is 41.9 Å². The number of anilines is 1. The minimum Gasteiger partial charge on any atom is -0.506 e. The predicted molar refractivity (Wildman–Crippen MR) is 132 cm³/mol. The highest BCUT2D eigenvalue weighted by molar-refractivity contribution is 9.11.